The molecule has 19 heavy (non-hydrogen) atoms. The minimum Gasteiger partial charge on any atom is -0.372 e. The second kappa shape index (κ2) is 5.04. The van der Waals surface area contributed by atoms with Crippen molar-refractivity contribution in [1.29, 1.82) is 0 Å². The van der Waals surface area contributed by atoms with Crippen molar-refractivity contribution in [3.8, 4) is 0 Å². The van der Waals surface area contributed by atoms with Crippen molar-refractivity contribution >= 4 is 0 Å². The van der Waals surface area contributed by atoms with E-state index in [4.69, 9.17) is 4.74 Å². The molecule has 1 aliphatic heterocycles. The van der Waals surface area contributed by atoms with E-state index in [1.165, 1.54) is 25.7 Å². The smallest absolute Gasteiger partial charge is 0.0809 e. The Morgan fingerprint density at radius 1 is 1.00 bits per heavy atom. The molecular formula is C17H33NO. The fourth-order valence-electron chi connectivity index (χ4n) is 3.73. The largest absolute Gasteiger partial charge is 0.372 e. The van der Waals surface area contributed by atoms with Crippen molar-refractivity contribution in [2.24, 2.45) is 11.3 Å². The van der Waals surface area contributed by atoms with Crippen LogP contribution in [0.3, 0.4) is 0 Å². The normalized spacial score (nSPS) is 34.7. The Kier molecular flexibility index (Phi) is 4.06. The van der Waals surface area contributed by atoms with Crippen molar-refractivity contribution in [3.63, 3.8) is 0 Å². The highest BCUT2D eigenvalue weighted by atomic mass is 16.5. The van der Waals surface area contributed by atoms with Gasteiger partial charge in [0.25, 0.3) is 0 Å². The van der Waals surface area contributed by atoms with Crippen LogP contribution in [0.25, 0.3) is 0 Å². The molecule has 2 rings (SSSR count). The van der Waals surface area contributed by atoms with Gasteiger partial charge in [0.2, 0.25) is 0 Å². The number of hydrogen-bond donors (Lipinski definition) is 0. The Morgan fingerprint density at radius 3 is 2.05 bits per heavy atom. The zero-order chi connectivity index (χ0) is 14.3. The Hall–Kier alpha value is -0.0800. The van der Waals surface area contributed by atoms with Crippen molar-refractivity contribution in [1.82, 2.24) is 4.90 Å². The Labute approximate surface area is 119 Å². The first-order valence-electron chi connectivity index (χ1n) is 8.01. The summed E-state index contributed by atoms with van der Waals surface area (Å²) < 4.78 is 6.25. The number of morpholine rings is 1. The molecule has 0 atom stereocenters. The lowest BCUT2D eigenvalue weighted by Gasteiger charge is -2.51. The van der Waals surface area contributed by atoms with Gasteiger partial charge in [0.15, 0.2) is 0 Å². The molecule has 2 fully saturated rings. The van der Waals surface area contributed by atoms with Gasteiger partial charge in [-0.1, -0.05) is 20.8 Å². The molecule has 1 heterocycles. The summed E-state index contributed by atoms with van der Waals surface area (Å²) in [4.78, 5) is 2.62. The molecule has 0 unspecified atom stereocenters. The first-order valence-corrected chi connectivity index (χ1v) is 8.01. The molecule has 0 amide bonds. The van der Waals surface area contributed by atoms with Crippen LogP contribution >= 0.6 is 0 Å². The maximum Gasteiger partial charge on any atom is 0.0809 e. The summed E-state index contributed by atoms with van der Waals surface area (Å²) >= 11 is 0. The number of ether oxygens (including phenoxy) is 1. The van der Waals surface area contributed by atoms with E-state index in [0.717, 1.165) is 25.6 Å². The molecule has 0 aromatic heterocycles. The summed E-state index contributed by atoms with van der Waals surface area (Å²) in [5.41, 5.74) is 0.894. The van der Waals surface area contributed by atoms with Gasteiger partial charge < -0.3 is 4.74 Å². The van der Waals surface area contributed by atoms with Crippen LogP contribution in [0.2, 0.25) is 0 Å². The maximum absolute atomic E-state index is 6.25. The van der Waals surface area contributed by atoms with Crippen molar-refractivity contribution in [3.05, 3.63) is 0 Å². The number of hydrogen-bond acceptors (Lipinski definition) is 2. The molecular weight excluding hydrogens is 234 g/mol. The van der Waals surface area contributed by atoms with Crippen molar-refractivity contribution < 1.29 is 4.74 Å². The van der Waals surface area contributed by atoms with Crippen LogP contribution in [0.5, 0.6) is 0 Å². The lowest BCUT2D eigenvalue weighted by Crippen LogP contribution is -2.58. The zero-order valence-electron chi connectivity index (χ0n) is 13.9. The van der Waals surface area contributed by atoms with Crippen molar-refractivity contribution in [2.45, 2.75) is 78.4 Å². The summed E-state index contributed by atoms with van der Waals surface area (Å²) in [6, 6.07) is 0. The molecule has 2 heteroatoms. The first-order chi connectivity index (χ1) is 8.62. The maximum atomic E-state index is 6.25. The average Bonchev–Trinajstić information content (AvgIpc) is 2.27. The minimum atomic E-state index is 0.160. The van der Waals surface area contributed by atoms with Gasteiger partial charge in [-0.2, -0.15) is 0 Å². The molecule has 1 spiro atoms. The molecule has 2 nitrogen and oxygen atoms in total. The molecule has 112 valence electrons. The monoisotopic (exact) mass is 267 g/mol. The highest BCUT2D eigenvalue weighted by Crippen LogP contribution is 2.44. The predicted molar refractivity (Wildman–Crippen MR) is 81.4 cm³/mol. The van der Waals surface area contributed by atoms with Crippen LogP contribution < -0.4 is 0 Å². The van der Waals surface area contributed by atoms with E-state index >= 15 is 0 Å². The van der Waals surface area contributed by atoms with Gasteiger partial charge in [-0.25, -0.2) is 0 Å². The van der Waals surface area contributed by atoms with E-state index < -0.39 is 0 Å². The average molecular weight is 267 g/mol. The fourth-order valence-corrected chi connectivity index (χ4v) is 3.73. The second-order valence-corrected chi connectivity index (χ2v) is 8.76. The standard InChI is InChI=1S/C17H33NO/c1-15(2,3)14-7-9-17(10-8-14)13-18(11-12-19-17)16(4,5)6/h14H,7-13H2,1-6H3. The van der Waals surface area contributed by atoms with Crippen LogP contribution in [0.15, 0.2) is 0 Å². The quantitative estimate of drug-likeness (QED) is 0.655. The lowest BCUT2D eigenvalue weighted by atomic mass is 9.68. The van der Waals surface area contributed by atoms with E-state index in [2.05, 4.69) is 46.4 Å². The summed E-state index contributed by atoms with van der Waals surface area (Å²) in [5.74, 6) is 0.867. The minimum absolute atomic E-state index is 0.160. The molecule has 0 bridgehead atoms. The van der Waals surface area contributed by atoms with Crippen LogP contribution in [-0.2, 0) is 4.74 Å². The van der Waals surface area contributed by atoms with E-state index in [1.54, 1.807) is 0 Å². The van der Waals surface area contributed by atoms with Crippen LogP contribution in [0.4, 0.5) is 0 Å². The molecule has 0 aromatic rings. The third kappa shape index (κ3) is 3.52. The zero-order valence-corrected chi connectivity index (χ0v) is 13.9. The Morgan fingerprint density at radius 2 is 1.58 bits per heavy atom. The van der Waals surface area contributed by atoms with E-state index in [9.17, 15) is 0 Å². The summed E-state index contributed by atoms with van der Waals surface area (Å²) in [7, 11) is 0. The molecule has 0 N–H and O–H groups in total. The van der Waals surface area contributed by atoms with Gasteiger partial charge in [0.1, 0.15) is 0 Å². The van der Waals surface area contributed by atoms with Gasteiger partial charge >= 0.3 is 0 Å². The second-order valence-electron chi connectivity index (χ2n) is 8.76. The van der Waals surface area contributed by atoms with Crippen LogP contribution in [-0.4, -0.2) is 35.7 Å². The third-order valence-corrected chi connectivity index (χ3v) is 5.32. The van der Waals surface area contributed by atoms with Gasteiger partial charge in [-0.15, -0.1) is 0 Å². The molecule has 2 aliphatic rings. The van der Waals surface area contributed by atoms with Gasteiger partial charge in [0.05, 0.1) is 12.2 Å². The Balaban J connectivity index is 1.98. The fraction of sp³-hybridized carbons (Fsp3) is 1.00. The van der Waals surface area contributed by atoms with Gasteiger partial charge in [-0.3, -0.25) is 4.90 Å². The highest BCUT2D eigenvalue weighted by Gasteiger charge is 2.44. The van der Waals surface area contributed by atoms with Crippen LogP contribution in [0.1, 0.15) is 67.2 Å². The first kappa shape index (κ1) is 15.3. The van der Waals surface area contributed by atoms with Crippen molar-refractivity contribution in [2.75, 3.05) is 19.7 Å². The van der Waals surface area contributed by atoms with E-state index in [1.807, 2.05) is 0 Å². The van der Waals surface area contributed by atoms with Crippen LogP contribution in [0, 0.1) is 11.3 Å². The summed E-state index contributed by atoms with van der Waals surface area (Å²) in [6.45, 7) is 17.3. The number of rotatable bonds is 0. The van der Waals surface area contributed by atoms with E-state index in [0.29, 0.717) is 5.41 Å². The molecule has 1 saturated carbocycles. The van der Waals surface area contributed by atoms with Gasteiger partial charge in [-0.05, 0) is 57.8 Å². The third-order valence-electron chi connectivity index (χ3n) is 5.32. The summed E-state index contributed by atoms with van der Waals surface area (Å²) in [6.07, 6.45) is 5.17. The lowest BCUT2D eigenvalue weighted by molar-refractivity contribution is -0.152. The van der Waals surface area contributed by atoms with E-state index in [-0.39, 0.29) is 11.1 Å². The Bertz CT molecular complexity index is 302. The highest BCUT2D eigenvalue weighted by molar-refractivity contribution is 4.96. The summed E-state index contributed by atoms with van der Waals surface area (Å²) in [5, 5.41) is 0. The molecule has 0 radical (unpaired) electrons. The predicted octanol–water partition coefficient (Wildman–Crippen LogP) is 4.09. The molecule has 1 saturated heterocycles. The molecule has 0 aromatic carbocycles. The number of nitrogens with zero attached hydrogens (tertiary/aromatic N) is 1. The SMILES string of the molecule is CC(C)(C)C1CCC2(CC1)CN(C(C)(C)C)CCO2. The molecule has 1 aliphatic carbocycles. The topological polar surface area (TPSA) is 12.5 Å². The van der Waals surface area contributed by atoms with Gasteiger partial charge in [0, 0.05) is 18.6 Å².